The minimum atomic E-state index is -0.440. The Hall–Kier alpha value is -1.62. The van der Waals surface area contributed by atoms with Gasteiger partial charge in [-0.15, -0.1) is 0 Å². The molecule has 1 rings (SSSR count). The molecule has 0 aliphatic heterocycles. The van der Waals surface area contributed by atoms with E-state index in [1.54, 1.807) is 19.9 Å². The van der Waals surface area contributed by atoms with Gasteiger partial charge in [-0.1, -0.05) is 6.92 Å². The topological polar surface area (TPSA) is 82.2 Å². The Kier molecular flexibility index (Phi) is 4.45. The summed E-state index contributed by atoms with van der Waals surface area (Å²) in [5, 5.41) is 11.6. The molecule has 0 aliphatic rings. The number of amides is 1. The SMILES string of the molecule is CCC(CO)NC(=O)c1c(C)cc(C)[nH]c1=O. The molecular weight excluding hydrogens is 220 g/mol. The lowest BCUT2D eigenvalue weighted by Gasteiger charge is -2.14. The van der Waals surface area contributed by atoms with Gasteiger partial charge in [0.25, 0.3) is 11.5 Å². The van der Waals surface area contributed by atoms with Gasteiger partial charge in [0.2, 0.25) is 0 Å². The van der Waals surface area contributed by atoms with Gasteiger partial charge in [0.05, 0.1) is 12.6 Å². The predicted octanol–water partition coefficient (Wildman–Crippen LogP) is 0.492. The molecule has 0 spiro atoms. The number of hydrogen-bond donors (Lipinski definition) is 3. The molecule has 1 unspecified atom stereocenters. The molecule has 1 amide bonds. The second kappa shape index (κ2) is 5.63. The van der Waals surface area contributed by atoms with Crippen LogP contribution in [0.3, 0.4) is 0 Å². The summed E-state index contributed by atoms with van der Waals surface area (Å²) in [6.45, 7) is 5.20. The average molecular weight is 238 g/mol. The Labute approximate surface area is 99.9 Å². The molecular formula is C12H18N2O3. The maximum Gasteiger partial charge on any atom is 0.261 e. The van der Waals surface area contributed by atoms with Gasteiger partial charge in [0.1, 0.15) is 5.56 Å². The van der Waals surface area contributed by atoms with Crippen molar-refractivity contribution in [2.24, 2.45) is 0 Å². The molecule has 1 atom stereocenters. The van der Waals surface area contributed by atoms with Gasteiger partial charge in [-0.3, -0.25) is 9.59 Å². The van der Waals surface area contributed by atoms with Crippen molar-refractivity contribution >= 4 is 5.91 Å². The fourth-order valence-electron chi connectivity index (χ4n) is 1.67. The van der Waals surface area contributed by atoms with Crippen LogP contribution in [0, 0.1) is 13.8 Å². The van der Waals surface area contributed by atoms with Gasteiger partial charge in [0.15, 0.2) is 0 Å². The number of aromatic amines is 1. The van der Waals surface area contributed by atoms with Crippen LogP contribution in [0.2, 0.25) is 0 Å². The summed E-state index contributed by atoms with van der Waals surface area (Å²) in [6.07, 6.45) is 0.616. The molecule has 3 N–H and O–H groups in total. The quantitative estimate of drug-likeness (QED) is 0.714. The lowest BCUT2D eigenvalue weighted by Crippen LogP contribution is -2.40. The Morgan fingerprint density at radius 1 is 1.53 bits per heavy atom. The maximum atomic E-state index is 11.9. The third kappa shape index (κ3) is 3.17. The Morgan fingerprint density at radius 2 is 2.18 bits per heavy atom. The Balaban J connectivity index is 3.01. The van der Waals surface area contributed by atoms with E-state index in [9.17, 15) is 9.59 Å². The summed E-state index contributed by atoms with van der Waals surface area (Å²) < 4.78 is 0. The zero-order valence-electron chi connectivity index (χ0n) is 10.3. The maximum absolute atomic E-state index is 11.9. The molecule has 94 valence electrons. The van der Waals surface area contributed by atoms with E-state index in [1.807, 2.05) is 6.92 Å². The first kappa shape index (κ1) is 13.4. The minimum absolute atomic E-state index is 0.113. The monoisotopic (exact) mass is 238 g/mol. The molecule has 5 heteroatoms. The molecule has 0 fully saturated rings. The van der Waals surface area contributed by atoms with E-state index in [4.69, 9.17) is 5.11 Å². The number of pyridine rings is 1. The number of rotatable bonds is 4. The first-order valence-corrected chi connectivity index (χ1v) is 5.61. The van der Waals surface area contributed by atoms with Crippen molar-refractivity contribution < 1.29 is 9.90 Å². The number of carbonyl (C=O) groups excluding carboxylic acids is 1. The van der Waals surface area contributed by atoms with E-state index in [-0.39, 0.29) is 18.2 Å². The first-order valence-electron chi connectivity index (χ1n) is 5.61. The second-order valence-electron chi connectivity index (χ2n) is 4.10. The molecule has 1 aromatic heterocycles. The molecule has 1 heterocycles. The van der Waals surface area contributed by atoms with E-state index in [2.05, 4.69) is 10.3 Å². The molecule has 17 heavy (non-hydrogen) atoms. The molecule has 0 aromatic carbocycles. The third-order valence-corrected chi connectivity index (χ3v) is 2.64. The van der Waals surface area contributed by atoms with Gasteiger partial charge in [-0.2, -0.15) is 0 Å². The smallest absolute Gasteiger partial charge is 0.261 e. The summed E-state index contributed by atoms with van der Waals surface area (Å²) in [5.74, 6) is -0.440. The minimum Gasteiger partial charge on any atom is -0.394 e. The highest BCUT2D eigenvalue weighted by atomic mass is 16.3. The summed E-state index contributed by atoms with van der Waals surface area (Å²) >= 11 is 0. The summed E-state index contributed by atoms with van der Waals surface area (Å²) in [6, 6.07) is 1.43. The van der Waals surface area contributed by atoms with E-state index >= 15 is 0 Å². The van der Waals surface area contributed by atoms with E-state index in [1.165, 1.54) is 0 Å². The lowest BCUT2D eigenvalue weighted by molar-refractivity contribution is 0.0912. The van der Waals surface area contributed by atoms with E-state index < -0.39 is 11.5 Å². The molecule has 1 aromatic rings. The van der Waals surface area contributed by atoms with Crippen molar-refractivity contribution in [1.82, 2.24) is 10.3 Å². The number of aliphatic hydroxyl groups excluding tert-OH is 1. The Bertz CT molecular complexity index is 461. The molecule has 5 nitrogen and oxygen atoms in total. The number of H-pyrrole nitrogens is 1. The highest BCUT2D eigenvalue weighted by Gasteiger charge is 2.16. The predicted molar refractivity (Wildman–Crippen MR) is 65.2 cm³/mol. The van der Waals surface area contributed by atoms with Gasteiger partial charge in [-0.05, 0) is 31.9 Å². The number of hydrogen-bond acceptors (Lipinski definition) is 3. The van der Waals surface area contributed by atoms with Gasteiger partial charge >= 0.3 is 0 Å². The van der Waals surface area contributed by atoms with E-state index in [0.717, 1.165) is 5.69 Å². The third-order valence-electron chi connectivity index (χ3n) is 2.64. The van der Waals surface area contributed by atoms with Gasteiger partial charge < -0.3 is 15.4 Å². The zero-order chi connectivity index (χ0) is 13.0. The Morgan fingerprint density at radius 3 is 2.65 bits per heavy atom. The standard InChI is InChI=1S/C12H18N2O3/c1-4-9(6-15)14-12(17)10-7(2)5-8(3)13-11(10)16/h5,9,15H,4,6H2,1-3H3,(H,13,16)(H,14,17). The molecule has 0 saturated heterocycles. The highest BCUT2D eigenvalue weighted by molar-refractivity contribution is 5.95. The average Bonchev–Trinajstić information content (AvgIpc) is 2.24. The zero-order valence-corrected chi connectivity index (χ0v) is 10.3. The van der Waals surface area contributed by atoms with Crippen molar-refractivity contribution in [3.8, 4) is 0 Å². The highest BCUT2D eigenvalue weighted by Crippen LogP contribution is 2.04. The van der Waals surface area contributed by atoms with Crippen LogP contribution in [0.25, 0.3) is 0 Å². The summed E-state index contributed by atoms with van der Waals surface area (Å²) in [7, 11) is 0. The molecule has 0 saturated carbocycles. The lowest BCUT2D eigenvalue weighted by atomic mass is 10.1. The largest absolute Gasteiger partial charge is 0.394 e. The molecule has 0 aliphatic carbocycles. The number of aromatic nitrogens is 1. The number of aliphatic hydroxyl groups is 1. The number of nitrogens with one attached hydrogen (secondary N) is 2. The fraction of sp³-hybridized carbons (Fsp3) is 0.500. The first-order chi connectivity index (χ1) is 7.99. The van der Waals surface area contributed by atoms with E-state index in [0.29, 0.717) is 12.0 Å². The fourth-order valence-corrected chi connectivity index (χ4v) is 1.67. The normalized spacial score (nSPS) is 12.2. The van der Waals surface area contributed by atoms with Crippen LogP contribution >= 0.6 is 0 Å². The molecule has 0 bridgehead atoms. The molecule has 0 radical (unpaired) electrons. The van der Waals surface area contributed by atoms with Crippen LogP contribution < -0.4 is 10.9 Å². The number of aryl methyl sites for hydroxylation is 2. The van der Waals surface area contributed by atoms with Crippen molar-refractivity contribution in [3.05, 3.63) is 33.2 Å². The van der Waals surface area contributed by atoms with Crippen LogP contribution in [0.1, 0.15) is 35.0 Å². The van der Waals surface area contributed by atoms with Gasteiger partial charge in [-0.25, -0.2) is 0 Å². The van der Waals surface area contributed by atoms with Crippen LogP contribution in [0.5, 0.6) is 0 Å². The van der Waals surface area contributed by atoms with Crippen LogP contribution in [-0.2, 0) is 0 Å². The van der Waals surface area contributed by atoms with Crippen molar-refractivity contribution in [1.29, 1.82) is 0 Å². The summed E-state index contributed by atoms with van der Waals surface area (Å²) in [4.78, 5) is 26.2. The van der Waals surface area contributed by atoms with Crippen molar-refractivity contribution in [2.75, 3.05) is 6.61 Å². The summed E-state index contributed by atoms with van der Waals surface area (Å²) in [5.41, 5.74) is 1.07. The van der Waals surface area contributed by atoms with Crippen LogP contribution in [0.4, 0.5) is 0 Å². The van der Waals surface area contributed by atoms with Crippen LogP contribution in [0.15, 0.2) is 10.9 Å². The van der Waals surface area contributed by atoms with Crippen molar-refractivity contribution in [3.63, 3.8) is 0 Å². The van der Waals surface area contributed by atoms with Crippen molar-refractivity contribution in [2.45, 2.75) is 33.2 Å². The number of carbonyl (C=O) groups is 1. The van der Waals surface area contributed by atoms with Gasteiger partial charge in [0, 0.05) is 5.69 Å². The second-order valence-corrected chi connectivity index (χ2v) is 4.10. The van der Waals surface area contributed by atoms with Crippen LogP contribution in [-0.4, -0.2) is 28.6 Å².